The molecule has 2 nitrogen and oxygen atoms in total. The molecular weight excluding hydrogens is 174 g/mol. The number of rotatable bonds is 1. The normalized spacial score (nSPS) is 13.1. The number of aliphatic hydroxyl groups excluding tert-OH is 1. The zero-order valence-electron chi connectivity index (χ0n) is 8.36. The molecule has 1 heterocycles. The van der Waals surface area contributed by atoms with Crippen LogP contribution in [0.2, 0.25) is 0 Å². The highest BCUT2D eigenvalue weighted by Gasteiger charge is 2.07. The summed E-state index contributed by atoms with van der Waals surface area (Å²) in [5.41, 5.74) is 3.07. The molecule has 0 fully saturated rings. The number of fused-ring (bicyclic) bond motifs is 1. The molecular formula is C12H13NO. The van der Waals surface area contributed by atoms with Gasteiger partial charge in [-0.25, -0.2) is 0 Å². The second-order valence-corrected chi connectivity index (χ2v) is 3.53. The van der Waals surface area contributed by atoms with E-state index in [1.54, 1.807) is 13.1 Å². The van der Waals surface area contributed by atoms with Crippen molar-refractivity contribution in [1.29, 1.82) is 0 Å². The predicted octanol–water partition coefficient (Wildman–Crippen LogP) is 2.60. The highest BCUT2D eigenvalue weighted by Crippen LogP contribution is 2.24. The van der Waals surface area contributed by atoms with Gasteiger partial charge in [0.2, 0.25) is 0 Å². The highest BCUT2D eigenvalue weighted by molar-refractivity contribution is 5.83. The predicted molar refractivity (Wildman–Crippen MR) is 57.1 cm³/mol. The van der Waals surface area contributed by atoms with Gasteiger partial charge in [0.05, 0.1) is 11.6 Å². The molecule has 1 unspecified atom stereocenters. The summed E-state index contributed by atoms with van der Waals surface area (Å²) in [5.74, 6) is 0. The maximum Gasteiger partial charge on any atom is 0.0764 e. The Balaban J connectivity index is 2.75. The molecule has 1 N–H and O–H groups in total. The van der Waals surface area contributed by atoms with Gasteiger partial charge in [-0.05, 0) is 37.1 Å². The van der Waals surface area contributed by atoms with Crippen molar-refractivity contribution in [3.05, 3.63) is 41.6 Å². The minimum Gasteiger partial charge on any atom is -0.389 e. The van der Waals surface area contributed by atoms with Crippen molar-refractivity contribution in [2.75, 3.05) is 0 Å². The monoisotopic (exact) mass is 187 g/mol. The smallest absolute Gasteiger partial charge is 0.0764 e. The van der Waals surface area contributed by atoms with Gasteiger partial charge in [-0.15, -0.1) is 0 Å². The lowest BCUT2D eigenvalue weighted by atomic mass is 10.00. The molecule has 72 valence electrons. The number of hydrogen-bond donors (Lipinski definition) is 1. The van der Waals surface area contributed by atoms with Crippen molar-refractivity contribution in [3.8, 4) is 0 Å². The van der Waals surface area contributed by atoms with Crippen LogP contribution in [-0.2, 0) is 0 Å². The standard InChI is InChI=1S/C12H13NO/c1-8-10(9(2)14)5-6-12-11(8)4-3-7-13-12/h3-7,9,14H,1-2H3. The fourth-order valence-corrected chi connectivity index (χ4v) is 1.77. The zero-order valence-corrected chi connectivity index (χ0v) is 8.36. The van der Waals surface area contributed by atoms with E-state index >= 15 is 0 Å². The van der Waals surface area contributed by atoms with E-state index in [9.17, 15) is 5.11 Å². The maximum atomic E-state index is 9.54. The second kappa shape index (κ2) is 3.39. The highest BCUT2D eigenvalue weighted by atomic mass is 16.3. The third-order valence-electron chi connectivity index (χ3n) is 2.55. The first-order valence-corrected chi connectivity index (χ1v) is 4.72. The Morgan fingerprint density at radius 1 is 1.29 bits per heavy atom. The molecule has 0 aliphatic heterocycles. The number of aromatic nitrogens is 1. The Morgan fingerprint density at radius 3 is 2.79 bits per heavy atom. The van der Waals surface area contributed by atoms with Crippen LogP contribution in [0.15, 0.2) is 30.5 Å². The summed E-state index contributed by atoms with van der Waals surface area (Å²) >= 11 is 0. The molecule has 2 heteroatoms. The molecule has 0 spiro atoms. The second-order valence-electron chi connectivity index (χ2n) is 3.53. The largest absolute Gasteiger partial charge is 0.389 e. The van der Waals surface area contributed by atoms with Gasteiger partial charge >= 0.3 is 0 Å². The molecule has 2 rings (SSSR count). The average molecular weight is 187 g/mol. The van der Waals surface area contributed by atoms with E-state index in [1.165, 1.54) is 0 Å². The number of hydrogen-bond acceptors (Lipinski definition) is 2. The lowest BCUT2D eigenvalue weighted by Gasteiger charge is -2.10. The first-order valence-electron chi connectivity index (χ1n) is 4.72. The first kappa shape index (κ1) is 9.16. The Kier molecular flexibility index (Phi) is 2.22. The number of aryl methyl sites for hydroxylation is 1. The van der Waals surface area contributed by atoms with Crippen LogP contribution in [0.25, 0.3) is 10.9 Å². The van der Waals surface area contributed by atoms with Crippen LogP contribution in [0.5, 0.6) is 0 Å². The van der Waals surface area contributed by atoms with Crippen LogP contribution in [-0.4, -0.2) is 10.1 Å². The fourth-order valence-electron chi connectivity index (χ4n) is 1.77. The zero-order chi connectivity index (χ0) is 10.1. The first-order chi connectivity index (χ1) is 6.70. The van der Waals surface area contributed by atoms with Crippen LogP contribution in [0, 0.1) is 6.92 Å². The summed E-state index contributed by atoms with van der Waals surface area (Å²) in [6, 6.07) is 7.84. The minimum absolute atomic E-state index is 0.417. The van der Waals surface area contributed by atoms with Gasteiger partial charge in [0.25, 0.3) is 0 Å². The molecule has 0 amide bonds. The fraction of sp³-hybridized carbons (Fsp3) is 0.250. The Bertz CT molecular complexity index is 463. The molecule has 0 saturated carbocycles. The maximum absolute atomic E-state index is 9.54. The quantitative estimate of drug-likeness (QED) is 0.744. The Labute approximate surface area is 83.2 Å². The van der Waals surface area contributed by atoms with Gasteiger partial charge in [0.1, 0.15) is 0 Å². The Morgan fingerprint density at radius 2 is 2.07 bits per heavy atom. The third-order valence-corrected chi connectivity index (χ3v) is 2.55. The minimum atomic E-state index is -0.417. The number of nitrogens with zero attached hydrogens (tertiary/aromatic N) is 1. The van der Waals surface area contributed by atoms with E-state index in [4.69, 9.17) is 0 Å². The van der Waals surface area contributed by atoms with Gasteiger partial charge in [-0.2, -0.15) is 0 Å². The number of benzene rings is 1. The molecule has 0 aliphatic rings. The van der Waals surface area contributed by atoms with E-state index in [0.29, 0.717) is 0 Å². The van der Waals surface area contributed by atoms with Crippen molar-refractivity contribution < 1.29 is 5.11 Å². The molecule has 0 bridgehead atoms. The van der Waals surface area contributed by atoms with E-state index in [2.05, 4.69) is 4.98 Å². The van der Waals surface area contributed by atoms with Gasteiger partial charge < -0.3 is 5.11 Å². The van der Waals surface area contributed by atoms with Crippen LogP contribution in [0.4, 0.5) is 0 Å². The van der Waals surface area contributed by atoms with Crippen molar-refractivity contribution in [1.82, 2.24) is 4.98 Å². The molecule has 1 aromatic heterocycles. The van der Waals surface area contributed by atoms with Gasteiger partial charge in [-0.1, -0.05) is 12.1 Å². The van der Waals surface area contributed by atoms with Crippen molar-refractivity contribution in [2.45, 2.75) is 20.0 Å². The summed E-state index contributed by atoms with van der Waals surface area (Å²) in [7, 11) is 0. The third kappa shape index (κ3) is 1.38. The van der Waals surface area contributed by atoms with Gasteiger partial charge in [0, 0.05) is 11.6 Å². The lowest BCUT2D eigenvalue weighted by Crippen LogP contribution is -1.95. The molecule has 14 heavy (non-hydrogen) atoms. The molecule has 1 aromatic carbocycles. The van der Waals surface area contributed by atoms with E-state index in [0.717, 1.165) is 22.0 Å². The summed E-state index contributed by atoms with van der Waals surface area (Å²) in [6.45, 7) is 3.80. The topological polar surface area (TPSA) is 33.1 Å². The molecule has 0 aliphatic carbocycles. The van der Waals surface area contributed by atoms with Gasteiger partial charge in [0.15, 0.2) is 0 Å². The van der Waals surface area contributed by atoms with E-state index in [-0.39, 0.29) is 0 Å². The van der Waals surface area contributed by atoms with E-state index in [1.807, 2.05) is 31.2 Å². The van der Waals surface area contributed by atoms with Crippen molar-refractivity contribution in [2.24, 2.45) is 0 Å². The molecule has 0 radical (unpaired) electrons. The van der Waals surface area contributed by atoms with Crippen LogP contribution >= 0.6 is 0 Å². The Hall–Kier alpha value is -1.41. The van der Waals surface area contributed by atoms with Gasteiger partial charge in [-0.3, -0.25) is 4.98 Å². The van der Waals surface area contributed by atoms with Crippen LogP contribution < -0.4 is 0 Å². The lowest BCUT2D eigenvalue weighted by molar-refractivity contribution is 0.199. The SMILES string of the molecule is Cc1c(C(C)O)ccc2ncccc12. The van der Waals surface area contributed by atoms with Crippen molar-refractivity contribution >= 4 is 10.9 Å². The molecule has 2 aromatic rings. The average Bonchev–Trinajstić information content (AvgIpc) is 2.18. The number of pyridine rings is 1. The summed E-state index contributed by atoms with van der Waals surface area (Å²) in [5, 5.41) is 10.7. The van der Waals surface area contributed by atoms with Crippen LogP contribution in [0.1, 0.15) is 24.2 Å². The van der Waals surface area contributed by atoms with E-state index < -0.39 is 6.10 Å². The molecule has 0 saturated heterocycles. The summed E-state index contributed by atoms with van der Waals surface area (Å²) in [6.07, 6.45) is 1.36. The summed E-state index contributed by atoms with van der Waals surface area (Å²) in [4.78, 5) is 4.26. The molecule has 1 atom stereocenters. The van der Waals surface area contributed by atoms with Crippen molar-refractivity contribution in [3.63, 3.8) is 0 Å². The summed E-state index contributed by atoms with van der Waals surface area (Å²) < 4.78 is 0. The number of aliphatic hydroxyl groups is 1. The van der Waals surface area contributed by atoms with Crippen LogP contribution in [0.3, 0.4) is 0 Å².